The first-order valence-electron chi connectivity index (χ1n) is 4.29. The topological polar surface area (TPSA) is 66.8 Å². The molecule has 6 heteroatoms. The first-order valence-corrected chi connectivity index (χ1v) is 5.82. The van der Waals surface area contributed by atoms with Crippen LogP contribution in [0.4, 0.5) is 0 Å². The molecule has 4 nitrogen and oxygen atoms in total. The Morgan fingerprint density at radius 3 is 2.38 bits per heavy atom. The molecule has 0 heterocycles. The summed E-state index contributed by atoms with van der Waals surface area (Å²) in [6.07, 6.45) is 0. The predicted octanol–water partition coefficient (Wildman–Crippen LogP) is -0.572. The van der Waals surface area contributed by atoms with E-state index < -0.39 is 7.82 Å². The SMILES string of the molecule is O=P(O)(O)Oc1cccc2ccccc12.[H-].[K+]. The van der Waals surface area contributed by atoms with E-state index in [9.17, 15) is 4.57 Å². The molecule has 0 spiro atoms. The Hall–Kier alpha value is 0.286. The van der Waals surface area contributed by atoms with Gasteiger partial charge < -0.3 is 5.95 Å². The maximum atomic E-state index is 10.7. The Balaban J connectivity index is 0.00000128. The number of hydrogen-bond donors (Lipinski definition) is 2. The van der Waals surface area contributed by atoms with Crippen molar-refractivity contribution in [2.24, 2.45) is 0 Å². The molecule has 0 aromatic heterocycles. The average molecular weight is 264 g/mol. The molecule has 0 aliphatic heterocycles. The van der Waals surface area contributed by atoms with Gasteiger partial charge in [0.1, 0.15) is 5.75 Å². The number of hydrogen-bond acceptors (Lipinski definition) is 2. The summed E-state index contributed by atoms with van der Waals surface area (Å²) >= 11 is 0. The third-order valence-corrected chi connectivity index (χ3v) is 2.40. The minimum absolute atomic E-state index is 0. The molecule has 0 saturated carbocycles. The quantitative estimate of drug-likeness (QED) is 0.563. The first-order chi connectivity index (χ1) is 7.06. The molecule has 0 bridgehead atoms. The summed E-state index contributed by atoms with van der Waals surface area (Å²) in [5, 5.41) is 1.56. The Morgan fingerprint density at radius 1 is 1.06 bits per heavy atom. The molecule has 0 fully saturated rings. The van der Waals surface area contributed by atoms with Crippen LogP contribution in [-0.4, -0.2) is 9.79 Å². The normalized spacial score (nSPS) is 10.9. The molecular weight excluding hydrogens is 254 g/mol. The molecule has 0 radical (unpaired) electrons. The van der Waals surface area contributed by atoms with Gasteiger partial charge in [0.2, 0.25) is 0 Å². The van der Waals surface area contributed by atoms with E-state index in [1.54, 1.807) is 18.2 Å². The molecule has 80 valence electrons. The monoisotopic (exact) mass is 264 g/mol. The van der Waals surface area contributed by atoms with Crippen LogP contribution in [0.15, 0.2) is 42.5 Å². The summed E-state index contributed by atoms with van der Waals surface area (Å²) in [6, 6.07) is 12.3. The van der Waals surface area contributed by atoms with Crippen LogP contribution >= 0.6 is 7.82 Å². The van der Waals surface area contributed by atoms with Crippen LogP contribution in [0.3, 0.4) is 0 Å². The van der Waals surface area contributed by atoms with Crippen molar-refractivity contribution in [2.75, 3.05) is 0 Å². The number of phosphoric acid groups is 1. The summed E-state index contributed by atoms with van der Waals surface area (Å²) in [5.74, 6) is 0.196. The summed E-state index contributed by atoms with van der Waals surface area (Å²) in [5.41, 5.74) is 0. The molecule has 2 aromatic rings. The number of rotatable bonds is 2. The van der Waals surface area contributed by atoms with Gasteiger partial charge in [-0.3, -0.25) is 9.79 Å². The average Bonchev–Trinajstić information content (AvgIpc) is 2.16. The Labute approximate surface area is 137 Å². The van der Waals surface area contributed by atoms with Crippen molar-refractivity contribution in [3.05, 3.63) is 42.5 Å². The Kier molecular flexibility index (Phi) is 5.16. The van der Waals surface area contributed by atoms with Crippen molar-refractivity contribution < 1.29 is 71.7 Å². The van der Waals surface area contributed by atoms with Crippen molar-refractivity contribution in [2.45, 2.75) is 0 Å². The third-order valence-electron chi connectivity index (χ3n) is 1.97. The van der Waals surface area contributed by atoms with Crippen LogP contribution in [0, 0.1) is 0 Å². The standard InChI is InChI=1S/C10H9O4P.K.H/c11-15(12,13)14-10-7-3-5-8-4-1-2-6-9(8)10;;/h1-7H,(H2,11,12,13);;/q;+1;-1. The fourth-order valence-corrected chi connectivity index (χ4v) is 1.82. The summed E-state index contributed by atoms with van der Waals surface area (Å²) in [6.45, 7) is 0. The van der Waals surface area contributed by atoms with Crippen LogP contribution in [0.25, 0.3) is 10.8 Å². The molecule has 0 atom stereocenters. The Bertz CT molecular complexity index is 537. The van der Waals surface area contributed by atoms with E-state index in [-0.39, 0.29) is 58.6 Å². The Morgan fingerprint density at radius 2 is 1.69 bits per heavy atom. The smallest absolute Gasteiger partial charge is 1.00 e. The zero-order valence-corrected chi connectivity index (χ0v) is 12.7. The van der Waals surface area contributed by atoms with E-state index >= 15 is 0 Å². The van der Waals surface area contributed by atoms with Gasteiger partial charge >= 0.3 is 59.2 Å². The fraction of sp³-hybridized carbons (Fsp3) is 0. The van der Waals surface area contributed by atoms with Crippen molar-refractivity contribution >= 4 is 18.6 Å². The zero-order valence-electron chi connectivity index (χ0n) is 9.70. The van der Waals surface area contributed by atoms with E-state index in [4.69, 9.17) is 9.79 Å². The van der Waals surface area contributed by atoms with Crippen LogP contribution < -0.4 is 55.9 Å². The largest absolute Gasteiger partial charge is 1.00 e. The maximum Gasteiger partial charge on any atom is 1.00 e. The van der Waals surface area contributed by atoms with Gasteiger partial charge in [0, 0.05) is 5.39 Å². The molecule has 2 aromatic carbocycles. The first kappa shape index (κ1) is 14.3. The number of fused-ring (bicyclic) bond motifs is 1. The van der Waals surface area contributed by atoms with E-state index in [1.165, 1.54) is 6.07 Å². The third kappa shape index (κ3) is 3.65. The van der Waals surface area contributed by atoms with E-state index in [2.05, 4.69) is 4.52 Å². The van der Waals surface area contributed by atoms with Gasteiger partial charge in [-0.25, -0.2) is 4.57 Å². The number of benzene rings is 2. The minimum atomic E-state index is -4.49. The van der Waals surface area contributed by atoms with Crippen LogP contribution in [-0.2, 0) is 4.57 Å². The number of phosphoric ester groups is 1. The summed E-state index contributed by atoms with van der Waals surface area (Å²) in [4.78, 5) is 17.4. The van der Waals surface area contributed by atoms with Crippen LogP contribution in [0.5, 0.6) is 5.75 Å². The van der Waals surface area contributed by atoms with E-state index in [1.807, 2.05) is 18.2 Å². The van der Waals surface area contributed by atoms with Gasteiger partial charge in [-0.05, 0) is 11.5 Å². The van der Waals surface area contributed by atoms with Crippen molar-refractivity contribution in [1.29, 1.82) is 0 Å². The second-order valence-electron chi connectivity index (χ2n) is 3.06. The molecular formula is C10H10KO4P. The molecule has 0 unspecified atom stereocenters. The van der Waals surface area contributed by atoms with Crippen molar-refractivity contribution in [1.82, 2.24) is 0 Å². The van der Waals surface area contributed by atoms with E-state index in [0.29, 0.717) is 5.39 Å². The second-order valence-corrected chi connectivity index (χ2v) is 4.22. The molecule has 16 heavy (non-hydrogen) atoms. The molecule has 0 aliphatic rings. The van der Waals surface area contributed by atoms with Gasteiger partial charge in [-0.15, -0.1) is 0 Å². The zero-order chi connectivity index (χ0) is 10.9. The van der Waals surface area contributed by atoms with Crippen LogP contribution in [0.1, 0.15) is 1.43 Å². The van der Waals surface area contributed by atoms with E-state index in [0.717, 1.165) is 5.39 Å². The minimum Gasteiger partial charge on any atom is -1.00 e. The summed E-state index contributed by atoms with van der Waals surface area (Å²) in [7, 11) is -4.49. The van der Waals surface area contributed by atoms with Crippen molar-refractivity contribution in [3.8, 4) is 5.75 Å². The van der Waals surface area contributed by atoms with Crippen molar-refractivity contribution in [3.63, 3.8) is 0 Å². The van der Waals surface area contributed by atoms with Gasteiger partial charge in [-0.1, -0.05) is 36.4 Å². The fourth-order valence-electron chi connectivity index (χ4n) is 1.40. The predicted molar refractivity (Wildman–Crippen MR) is 57.7 cm³/mol. The molecule has 2 N–H and O–H groups in total. The van der Waals surface area contributed by atoms with Gasteiger partial charge in [0.15, 0.2) is 0 Å². The second kappa shape index (κ2) is 5.75. The maximum absolute atomic E-state index is 10.7. The van der Waals surface area contributed by atoms with Gasteiger partial charge in [0.25, 0.3) is 0 Å². The molecule has 2 rings (SSSR count). The van der Waals surface area contributed by atoms with Crippen LogP contribution in [0.2, 0.25) is 0 Å². The van der Waals surface area contributed by atoms with Gasteiger partial charge in [-0.2, -0.15) is 0 Å². The van der Waals surface area contributed by atoms with Gasteiger partial charge in [0.05, 0.1) is 0 Å². The molecule has 0 saturated heterocycles. The molecule has 0 amide bonds. The molecule has 0 aliphatic carbocycles. The summed E-state index contributed by atoms with van der Waals surface area (Å²) < 4.78 is 15.3.